The highest BCUT2D eigenvalue weighted by Gasteiger charge is 2.27. The van der Waals surface area contributed by atoms with Crippen molar-refractivity contribution in [3.8, 4) is 11.4 Å². The summed E-state index contributed by atoms with van der Waals surface area (Å²) in [6.45, 7) is 0.109. The zero-order valence-electron chi connectivity index (χ0n) is 15.4. The highest BCUT2D eigenvalue weighted by Crippen LogP contribution is 2.31. The van der Waals surface area contributed by atoms with Crippen LogP contribution in [0.15, 0.2) is 36.7 Å². The van der Waals surface area contributed by atoms with Crippen LogP contribution in [0.3, 0.4) is 0 Å². The molecule has 3 N–H and O–H groups in total. The second-order valence-electron chi connectivity index (χ2n) is 7.05. The summed E-state index contributed by atoms with van der Waals surface area (Å²) in [5.41, 5.74) is 2.48. The molecule has 2 aromatic heterocycles. The molecule has 2 heterocycles. The van der Waals surface area contributed by atoms with Gasteiger partial charge in [-0.1, -0.05) is 30.3 Å². The highest BCUT2D eigenvalue weighted by molar-refractivity contribution is 7.84. The van der Waals surface area contributed by atoms with Crippen molar-refractivity contribution in [1.82, 2.24) is 19.5 Å². The molecule has 4 rings (SSSR count). The van der Waals surface area contributed by atoms with E-state index in [4.69, 9.17) is 14.3 Å². The summed E-state index contributed by atoms with van der Waals surface area (Å²) >= 11 is 0. The molecule has 28 heavy (non-hydrogen) atoms. The van der Waals surface area contributed by atoms with Gasteiger partial charge in [0.05, 0.1) is 6.61 Å². The minimum atomic E-state index is -3.90. The Kier molecular flexibility index (Phi) is 5.00. The largest absolute Gasteiger partial charge is 0.365 e. The number of hydrogen-bond donors (Lipinski definition) is 2. The van der Waals surface area contributed by atoms with E-state index < -0.39 is 10.3 Å². The van der Waals surface area contributed by atoms with Crippen LogP contribution in [0, 0.1) is 5.92 Å². The molecule has 148 valence electrons. The van der Waals surface area contributed by atoms with Crippen molar-refractivity contribution in [2.24, 2.45) is 18.1 Å². The zero-order chi connectivity index (χ0) is 19.7. The topological polar surface area (TPSA) is 125 Å². The summed E-state index contributed by atoms with van der Waals surface area (Å²) in [6.07, 6.45) is 4.05. The van der Waals surface area contributed by atoms with Crippen molar-refractivity contribution in [1.29, 1.82) is 0 Å². The number of imidazole rings is 1. The molecule has 1 fully saturated rings. The average Bonchev–Trinajstić information content (AvgIpc) is 3.26. The molecule has 0 spiro atoms. The molecule has 1 saturated carbocycles. The molecule has 9 nitrogen and oxygen atoms in total. The van der Waals surface area contributed by atoms with Gasteiger partial charge in [0.2, 0.25) is 0 Å². The molecule has 0 bridgehead atoms. The van der Waals surface area contributed by atoms with Gasteiger partial charge in [-0.15, -0.1) is 0 Å². The Bertz CT molecular complexity index is 1080. The molecule has 0 saturated heterocycles. The van der Waals surface area contributed by atoms with Gasteiger partial charge in [-0.25, -0.2) is 20.1 Å². The number of aromatic nitrogens is 4. The molecule has 1 aliphatic carbocycles. The number of nitrogens with two attached hydrogens (primary N) is 1. The molecule has 1 aliphatic rings. The lowest BCUT2D eigenvalue weighted by Crippen LogP contribution is -2.21. The van der Waals surface area contributed by atoms with E-state index in [2.05, 4.69) is 15.3 Å². The molecule has 1 aromatic carbocycles. The van der Waals surface area contributed by atoms with Gasteiger partial charge in [0, 0.05) is 18.7 Å². The molecule has 0 radical (unpaired) electrons. The first-order valence-electron chi connectivity index (χ1n) is 9.07. The van der Waals surface area contributed by atoms with Crippen LogP contribution in [0.1, 0.15) is 19.3 Å². The molecule has 0 unspecified atom stereocenters. The fourth-order valence-corrected chi connectivity index (χ4v) is 4.07. The maximum absolute atomic E-state index is 11.0. The lowest BCUT2D eigenvalue weighted by molar-refractivity contribution is 0.256. The van der Waals surface area contributed by atoms with Crippen molar-refractivity contribution >= 4 is 27.3 Å². The summed E-state index contributed by atoms with van der Waals surface area (Å²) in [5.74, 6) is 1.64. The summed E-state index contributed by atoms with van der Waals surface area (Å²) in [6, 6.07) is 10.1. The van der Waals surface area contributed by atoms with E-state index in [1.807, 2.05) is 41.9 Å². The van der Waals surface area contributed by atoms with Crippen molar-refractivity contribution in [2.75, 3.05) is 11.9 Å². The van der Waals surface area contributed by atoms with Gasteiger partial charge in [0.1, 0.15) is 12.2 Å². The maximum Gasteiger partial charge on any atom is 0.333 e. The Morgan fingerprint density at radius 2 is 2.04 bits per heavy atom. The average molecular weight is 402 g/mol. The lowest BCUT2D eigenvalue weighted by atomic mass is 10.1. The Hall–Kier alpha value is -2.56. The van der Waals surface area contributed by atoms with E-state index in [0.717, 1.165) is 36.3 Å². The minimum Gasteiger partial charge on any atom is -0.365 e. The minimum absolute atomic E-state index is 0.109. The van der Waals surface area contributed by atoms with Crippen LogP contribution >= 0.6 is 0 Å². The van der Waals surface area contributed by atoms with Gasteiger partial charge in [-0.3, -0.25) is 4.18 Å². The first kappa shape index (κ1) is 18.8. The number of anilines is 1. The predicted molar refractivity (Wildman–Crippen MR) is 106 cm³/mol. The van der Waals surface area contributed by atoms with Gasteiger partial charge in [-0.2, -0.15) is 8.42 Å². The third kappa shape index (κ3) is 3.98. The van der Waals surface area contributed by atoms with Gasteiger partial charge >= 0.3 is 10.3 Å². The Balaban J connectivity index is 1.54. The van der Waals surface area contributed by atoms with Crippen LogP contribution in [0.2, 0.25) is 0 Å². The summed E-state index contributed by atoms with van der Waals surface area (Å²) in [4.78, 5) is 13.5. The smallest absolute Gasteiger partial charge is 0.333 e. The quantitative estimate of drug-likeness (QED) is 0.644. The van der Waals surface area contributed by atoms with Crippen LogP contribution in [-0.4, -0.2) is 40.6 Å². The Morgan fingerprint density at radius 3 is 2.79 bits per heavy atom. The number of nitrogens with one attached hydrogen (secondary N) is 1. The first-order valence-corrected chi connectivity index (χ1v) is 10.5. The predicted octanol–water partition coefficient (Wildman–Crippen LogP) is 1.83. The van der Waals surface area contributed by atoms with Crippen molar-refractivity contribution in [3.63, 3.8) is 0 Å². The van der Waals surface area contributed by atoms with Crippen LogP contribution in [0.4, 0.5) is 5.82 Å². The normalized spacial score (nSPS) is 19.9. The number of nitrogens with zero attached hydrogens (tertiary/aromatic N) is 4. The maximum atomic E-state index is 11.0. The summed E-state index contributed by atoms with van der Waals surface area (Å²) in [5, 5.41) is 8.35. The Morgan fingerprint density at radius 1 is 1.25 bits per heavy atom. The second kappa shape index (κ2) is 7.46. The molecule has 10 heteroatoms. The number of benzene rings is 1. The van der Waals surface area contributed by atoms with Crippen LogP contribution < -0.4 is 10.5 Å². The zero-order valence-corrected chi connectivity index (χ0v) is 16.3. The van der Waals surface area contributed by atoms with Crippen LogP contribution in [-0.2, 0) is 21.5 Å². The monoisotopic (exact) mass is 402 g/mol. The standard InChI is InChI=1S/C18H22N6O3S/c1-24-17(13-5-3-2-4-6-13)23-15-16(20-11-21-18(15)24)22-14-8-7-12(9-14)10-27-28(19,25)26/h2-6,11-12,14H,7-10H2,1H3,(H2,19,25,26)(H,20,21,22)/t12-,14-/m0/s1. The fourth-order valence-electron chi connectivity index (χ4n) is 3.69. The second-order valence-corrected chi connectivity index (χ2v) is 8.27. The number of aryl methyl sites for hydroxylation is 1. The van der Waals surface area contributed by atoms with Crippen molar-refractivity contribution < 1.29 is 12.6 Å². The van der Waals surface area contributed by atoms with Gasteiger partial charge < -0.3 is 9.88 Å². The number of fused-ring (bicyclic) bond motifs is 1. The molecular formula is C18H22N6O3S. The van der Waals surface area contributed by atoms with E-state index >= 15 is 0 Å². The number of rotatable bonds is 6. The third-order valence-corrected chi connectivity index (χ3v) is 5.50. The fraction of sp³-hybridized carbons (Fsp3) is 0.389. The third-order valence-electron chi connectivity index (χ3n) is 5.04. The van der Waals surface area contributed by atoms with Crippen LogP contribution in [0.5, 0.6) is 0 Å². The molecular weight excluding hydrogens is 380 g/mol. The van der Waals surface area contributed by atoms with Gasteiger partial charge in [-0.05, 0) is 25.2 Å². The molecule has 2 atom stereocenters. The van der Waals surface area contributed by atoms with Gasteiger partial charge in [0.25, 0.3) is 0 Å². The van der Waals surface area contributed by atoms with E-state index in [1.165, 1.54) is 6.33 Å². The highest BCUT2D eigenvalue weighted by atomic mass is 32.2. The summed E-state index contributed by atoms with van der Waals surface area (Å²) < 4.78 is 28.6. The molecule has 0 aliphatic heterocycles. The van der Waals surface area contributed by atoms with E-state index in [-0.39, 0.29) is 18.6 Å². The van der Waals surface area contributed by atoms with Crippen molar-refractivity contribution in [3.05, 3.63) is 36.7 Å². The van der Waals surface area contributed by atoms with Crippen molar-refractivity contribution in [2.45, 2.75) is 25.3 Å². The lowest BCUT2D eigenvalue weighted by Gasteiger charge is -2.14. The number of hydrogen-bond acceptors (Lipinski definition) is 7. The molecule has 3 aromatic rings. The van der Waals surface area contributed by atoms with Crippen LogP contribution in [0.25, 0.3) is 22.6 Å². The summed E-state index contributed by atoms with van der Waals surface area (Å²) in [7, 11) is -1.96. The SMILES string of the molecule is Cn1c(-c2ccccc2)nc2c(N[C@H]3CC[C@H](COS(N)(=O)=O)C3)ncnc21. The van der Waals surface area contributed by atoms with E-state index in [0.29, 0.717) is 11.3 Å². The van der Waals surface area contributed by atoms with Gasteiger partial charge in [0.15, 0.2) is 17.0 Å². The Labute approximate surface area is 163 Å². The molecule has 0 amide bonds. The first-order chi connectivity index (χ1) is 13.4. The van der Waals surface area contributed by atoms with E-state index in [1.54, 1.807) is 0 Å². The van der Waals surface area contributed by atoms with E-state index in [9.17, 15) is 8.42 Å².